The maximum Gasteiger partial charge on any atom is 0.342 e. The third-order valence-corrected chi connectivity index (χ3v) is 5.10. The zero-order valence-corrected chi connectivity index (χ0v) is 17.6. The average molecular weight is 419 g/mol. The van der Waals surface area contributed by atoms with E-state index in [2.05, 4.69) is 5.10 Å². The Morgan fingerprint density at radius 2 is 1.61 bits per heavy atom. The van der Waals surface area contributed by atoms with Gasteiger partial charge in [-0.3, -0.25) is 4.79 Å². The molecular weight excluding hydrogens is 394 g/mol. The number of carbonyl (C=O) groups excluding carboxylic acids is 2. The molecule has 2 aromatic carbocycles. The number of benzene rings is 2. The van der Waals surface area contributed by atoms with Crippen molar-refractivity contribution in [2.45, 2.75) is 26.1 Å². The van der Waals surface area contributed by atoms with Gasteiger partial charge >= 0.3 is 5.97 Å². The highest BCUT2D eigenvalue weighted by molar-refractivity contribution is 5.97. The van der Waals surface area contributed by atoms with Gasteiger partial charge in [0, 0.05) is 24.8 Å². The number of rotatable bonds is 5. The van der Waals surface area contributed by atoms with E-state index in [9.17, 15) is 9.59 Å². The van der Waals surface area contributed by atoms with Crippen molar-refractivity contribution in [2.75, 3.05) is 19.7 Å². The summed E-state index contributed by atoms with van der Waals surface area (Å²) in [7, 11) is 0. The van der Waals surface area contributed by atoms with Crippen molar-refractivity contribution in [1.82, 2.24) is 14.7 Å². The van der Waals surface area contributed by atoms with E-state index in [0.717, 1.165) is 11.3 Å². The third kappa shape index (κ3) is 4.83. The molecule has 1 fully saturated rings. The summed E-state index contributed by atoms with van der Waals surface area (Å²) in [5.74, 6) is -0.809. The first-order valence-electron chi connectivity index (χ1n) is 10.3. The van der Waals surface area contributed by atoms with E-state index in [1.165, 1.54) is 0 Å². The minimum atomic E-state index is -0.580. The first-order chi connectivity index (χ1) is 15.0. The minimum Gasteiger partial charge on any atom is -0.452 e. The Kier molecular flexibility index (Phi) is 6.13. The fraction of sp³-hybridized carbons (Fsp3) is 0.292. The number of amides is 1. The summed E-state index contributed by atoms with van der Waals surface area (Å²) in [6.45, 7) is 4.50. The monoisotopic (exact) mass is 419 g/mol. The normalized spacial score (nSPS) is 18.6. The average Bonchev–Trinajstić information content (AvgIpc) is 3.23. The quantitative estimate of drug-likeness (QED) is 0.593. The smallest absolute Gasteiger partial charge is 0.342 e. The van der Waals surface area contributed by atoms with Crippen LogP contribution in [0.5, 0.6) is 0 Å². The summed E-state index contributed by atoms with van der Waals surface area (Å²) in [5, 5.41) is 4.61. The summed E-state index contributed by atoms with van der Waals surface area (Å²) in [6, 6.07) is 19.0. The number of carbonyl (C=O) groups is 2. The molecule has 160 valence electrons. The number of hydrogen-bond donors (Lipinski definition) is 0. The molecule has 2 heterocycles. The van der Waals surface area contributed by atoms with Crippen LogP contribution in [-0.2, 0) is 14.3 Å². The van der Waals surface area contributed by atoms with Gasteiger partial charge in [0.1, 0.15) is 11.3 Å². The Morgan fingerprint density at radius 3 is 2.26 bits per heavy atom. The molecule has 4 rings (SSSR count). The van der Waals surface area contributed by atoms with Crippen molar-refractivity contribution in [3.63, 3.8) is 0 Å². The number of para-hydroxylation sites is 1. The Bertz CT molecular complexity index is 1040. The molecule has 0 N–H and O–H groups in total. The van der Waals surface area contributed by atoms with Crippen LogP contribution in [0.1, 0.15) is 24.2 Å². The summed E-state index contributed by atoms with van der Waals surface area (Å²) in [5.41, 5.74) is 2.44. The SMILES string of the molecule is C[C@@H]1CN(C(=O)COC(=O)c2cn(-c3ccccc3)nc2-c2ccccc2)C[C@H](C)O1. The summed E-state index contributed by atoms with van der Waals surface area (Å²) in [6.07, 6.45) is 1.55. The molecule has 2 atom stereocenters. The molecule has 1 aromatic heterocycles. The zero-order valence-electron chi connectivity index (χ0n) is 17.6. The Hall–Kier alpha value is -3.45. The predicted octanol–water partition coefficient (Wildman–Crippen LogP) is 3.33. The van der Waals surface area contributed by atoms with Gasteiger partial charge in [-0.2, -0.15) is 5.10 Å². The Labute approximate surface area is 181 Å². The molecule has 3 aromatic rings. The van der Waals surface area contributed by atoms with Crippen LogP contribution in [0.25, 0.3) is 16.9 Å². The number of ether oxygens (including phenoxy) is 2. The van der Waals surface area contributed by atoms with Gasteiger partial charge in [0.15, 0.2) is 6.61 Å². The van der Waals surface area contributed by atoms with Crippen LogP contribution in [0, 0.1) is 0 Å². The third-order valence-electron chi connectivity index (χ3n) is 5.10. The van der Waals surface area contributed by atoms with E-state index in [1.807, 2.05) is 74.5 Å². The lowest BCUT2D eigenvalue weighted by Gasteiger charge is -2.35. The van der Waals surface area contributed by atoms with Crippen LogP contribution in [-0.4, -0.2) is 58.5 Å². The van der Waals surface area contributed by atoms with Crippen molar-refractivity contribution in [3.05, 3.63) is 72.4 Å². The van der Waals surface area contributed by atoms with Crippen LogP contribution in [0.4, 0.5) is 0 Å². The van der Waals surface area contributed by atoms with Crippen LogP contribution < -0.4 is 0 Å². The molecule has 0 radical (unpaired) electrons. The minimum absolute atomic E-state index is 0.0443. The van der Waals surface area contributed by atoms with Crippen LogP contribution >= 0.6 is 0 Å². The zero-order chi connectivity index (χ0) is 21.8. The highest BCUT2D eigenvalue weighted by atomic mass is 16.5. The van der Waals surface area contributed by atoms with E-state index in [-0.39, 0.29) is 24.7 Å². The molecule has 7 heteroatoms. The number of aromatic nitrogens is 2. The van der Waals surface area contributed by atoms with Crippen LogP contribution in [0.3, 0.4) is 0 Å². The molecule has 0 saturated carbocycles. The molecule has 1 aliphatic heterocycles. The van der Waals surface area contributed by atoms with Crippen LogP contribution in [0.15, 0.2) is 66.9 Å². The number of nitrogens with zero attached hydrogens (tertiary/aromatic N) is 3. The Balaban J connectivity index is 1.54. The van der Waals surface area contributed by atoms with Gasteiger partial charge in [0.2, 0.25) is 0 Å². The highest BCUT2D eigenvalue weighted by Crippen LogP contribution is 2.24. The molecule has 0 aliphatic carbocycles. The maximum atomic E-state index is 12.9. The van der Waals surface area contributed by atoms with Crippen molar-refractivity contribution in [3.8, 4) is 16.9 Å². The number of morpholine rings is 1. The lowest BCUT2D eigenvalue weighted by Crippen LogP contribution is -2.49. The van der Waals surface area contributed by atoms with Gasteiger partial charge in [-0.15, -0.1) is 0 Å². The second-order valence-electron chi connectivity index (χ2n) is 7.67. The van der Waals surface area contributed by atoms with E-state index in [1.54, 1.807) is 15.8 Å². The lowest BCUT2D eigenvalue weighted by molar-refractivity contribution is -0.146. The molecule has 7 nitrogen and oxygen atoms in total. The largest absolute Gasteiger partial charge is 0.452 e. The van der Waals surface area contributed by atoms with Crippen molar-refractivity contribution < 1.29 is 19.1 Å². The van der Waals surface area contributed by atoms with E-state index >= 15 is 0 Å². The fourth-order valence-corrected chi connectivity index (χ4v) is 3.72. The number of esters is 1. The second kappa shape index (κ2) is 9.14. The molecular formula is C24H25N3O4. The molecule has 0 spiro atoms. The topological polar surface area (TPSA) is 73.7 Å². The molecule has 0 unspecified atom stereocenters. The second-order valence-corrected chi connectivity index (χ2v) is 7.67. The summed E-state index contributed by atoms with van der Waals surface area (Å²) >= 11 is 0. The number of hydrogen-bond acceptors (Lipinski definition) is 5. The lowest BCUT2D eigenvalue weighted by atomic mass is 10.1. The van der Waals surface area contributed by atoms with Gasteiger partial charge in [0.25, 0.3) is 5.91 Å². The molecule has 1 amide bonds. The summed E-state index contributed by atoms with van der Waals surface area (Å²) in [4.78, 5) is 27.2. The van der Waals surface area contributed by atoms with Crippen LogP contribution in [0.2, 0.25) is 0 Å². The van der Waals surface area contributed by atoms with Crippen molar-refractivity contribution in [2.24, 2.45) is 0 Å². The Morgan fingerprint density at radius 1 is 1.00 bits per heavy atom. The van der Waals surface area contributed by atoms with E-state index in [0.29, 0.717) is 24.3 Å². The van der Waals surface area contributed by atoms with Gasteiger partial charge in [-0.1, -0.05) is 48.5 Å². The maximum absolute atomic E-state index is 12.9. The van der Waals surface area contributed by atoms with Gasteiger partial charge < -0.3 is 14.4 Å². The molecule has 0 bridgehead atoms. The van der Waals surface area contributed by atoms with E-state index in [4.69, 9.17) is 9.47 Å². The first kappa shape index (κ1) is 20.8. The predicted molar refractivity (Wildman–Crippen MR) is 116 cm³/mol. The van der Waals surface area contributed by atoms with Crippen molar-refractivity contribution in [1.29, 1.82) is 0 Å². The fourth-order valence-electron chi connectivity index (χ4n) is 3.72. The molecule has 1 saturated heterocycles. The summed E-state index contributed by atoms with van der Waals surface area (Å²) < 4.78 is 12.7. The van der Waals surface area contributed by atoms with Gasteiger partial charge in [-0.05, 0) is 26.0 Å². The van der Waals surface area contributed by atoms with Gasteiger partial charge in [-0.25, -0.2) is 9.48 Å². The van der Waals surface area contributed by atoms with E-state index < -0.39 is 5.97 Å². The standard InChI is InChI=1S/C24H25N3O4/c1-17-13-26(14-18(2)31-17)22(28)16-30-24(29)21-15-27(20-11-7-4-8-12-20)25-23(21)19-9-5-3-6-10-19/h3-12,15,17-18H,13-14,16H2,1-2H3/t17-,18+. The first-order valence-corrected chi connectivity index (χ1v) is 10.3. The van der Waals surface area contributed by atoms with Crippen molar-refractivity contribution >= 4 is 11.9 Å². The molecule has 31 heavy (non-hydrogen) atoms. The van der Waals surface area contributed by atoms with Gasteiger partial charge in [0.05, 0.1) is 17.9 Å². The molecule has 1 aliphatic rings. The highest BCUT2D eigenvalue weighted by Gasteiger charge is 2.27.